The van der Waals surface area contributed by atoms with Gasteiger partial charge in [0, 0.05) is 0 Å². The number of nitrogens with zero attached hydrogens (tertiary/aromatic N) is 4. The van der Waals surface area contributed by atoms with Crippen molar-refractivity contribution in [1.82, 2.24) is 19.7 Å². The van der Waals surface area contributed by atoms with Gasteiger partial charge in [0.25, 0.3) is 0 Å². The normalized spacial score (nSPS) is 26.1. The van der Waals surface area contributed by atoms with Crippen LogP contribution in [0.3, 0.4) is 0 Å². The van der Waals surface area contributed by atoms with Crippen LogP contribution in [0, 0.1) is 16.7 Å². The van der Waals surface area contributed by atoms with Gasteiger partial charge in [-0.2, -0.15) is 15.4 Å². The Morgan fingerprint density at radius 3 is 2.62 bits per heavy atom. The summed E-state index contributed by atoms with van der Waals surface area (Å²) in [6.45, 7) is 10.9. The van der Waals surface area contributed by atoms with Crippen LogP contribution in [0.4, 0.5) is 5.82 Å². The molecule has 1 unspecified atom stereocenters. The highest BCUT2D eigenvalue weighted by atomic mass is 31.2. The molecule has 3 aromatic rings. The quantitative estimate of drug-likeness (QED) is 0.225. The highest BCUT2D eigenvalue weighted by Crippen LogP contribution is 2.51. The molecule has 4 heterocycles. The highest BCUT2D eigenvalue weighted by molar-refractivity contribution is 7.52. The van der Waals surface area contributed by atoms with Gasteiger partial charge in [0.15, 0.2) is 11.6 Å². The van der Waals surface area contributed by atoms with Crippen molar-refractivity contribution in [2.45, 2.75) is 83.7 Å². The van der Waals surface area contributed by atoms with E-state index in [1.807, 2.05) is 20.8 Å². The number of anilines is 1. The molecule has 15 heteroatoms. The smallest absolute Gasteiger partial charge is 0.459 e. The van der Waals surface area contributed by atoms with E-state index < -0.39 is 49.5 Å². The molecule has 5 rings (SSSR count). The third-order valence-electron chi connectivity index (χ3n) is 7.44. The number of hydrogen-bond acceptors (Lipinski definition) is 12. The van der Waals surface area contributed by atoms with Crippen LogP contribution in [0.5, 0.6) is 5.75 Å². The molecule has 1 aromatic carbocycles. The number of nitrogens with one attached hydrogen (secondary N) is 1. The molecule has 0 amide bonds. The molecule has 0 radical (unpaired) electrons. The number of aromatic nitrogens is 3. The van der Waals surface area contributed by atoms with Gasteiger partial charge in [-0.1, -0.05) is 39.0 Å². The molecular formula is C30H39N6O8P. The van der Waals surface area contributed by atoms with Crippen LogP contribution in [0.25, 0.3) is 5.52 Å². The monoisotopic (exact) mass is 642 g/mol. The predicted octanol–water partition coefficient (Wildman–Crippen LogP) is 4.11. The summed E-state index contributed by atoms with van der Waals surface area (Å²) in [4.78, 5) is 16.8. The first-order valence-electron chi connectivity index (χ1n) is 14.6. The second kappa shape index (κ2) is 12.3. The van der Waals surface area contributed by atoms with Gasteiger partial charge in [-0.3, -0.25) is 9.32 Å². The molecule has 2 saturated heterocycles. The zero-order valence-corrected chi connectivity index (χ0v) is 27.0. The highest BCUT2D eigenvalue weighted by Gasteiger charge is 2.65. The minimum atomic E-state index is -4.25. The third-order valence-corrected chi connectivity index (χ3v) is 9.08. The average Bonchev–Trinajstić information content (AvgIpc) is 3.62. The van der Waals surface area contributed by atoms with Gasteiger partial charge < -0.3 is 29.2 Å². The van der Waals surface area contributed by atoms with Crippen LogP contribution in [-0.2, 0) is 38.4 Å². The van der Waals surface area contributed by atoms with Crippen molar-refractivity contribution >= 4 is 25.1 Å². The van der Waals surface area contributed by atoms with Gasteiger partial charge in [0.2, 0.25) is 5.60 Å². The number of hydrogen-bond donors (Lipinski definition) is 2. The number of ether oxygens (including phenoxy) is 4. The predicted molar refractivity (Wildman–Crippen MR) is 162 cm³/mol. The van der Waals surface area contributed by atoms with E-state index in [0.717, 1.165) is 0 Å². The molecule has 0 saturated carbocycles. The number of benzene rings is 1. The van der Waals surface area contributed by atoms with Crippen molar-refractivity contribution < 1.29 is 37.4 Å². The fraction of sp³-hybridized carbons (Fsp3) is 0.533. The standard InChI is InChI=1S/C30H39N6O8P/c1-19(27(37)39-15-14-28(2,3)4)35-45(38,44-20-10-8-7-9-11-20)40-16-22-24-25(43-29(5,6)42-24)30(17-31,41-22)23-13-12-21-26(32)33-18-34-36(21)23/h7-13,18-19,22,24-25H,14-16H2,1-6H3,(H,35,38)(H2,32,33,34)/t19-,22+,24+,25+,30-,45?/m0/s1. The molecule has 0 aliphatic carbocycles. The summed E-state index contributed by atoms with van der Waals surface area (Å²) in [5.74, 6) is -1.22. The van der Waals surface area contributed by atoms with Crippen molar-refractivity contribution in [2.24, 2.45) is 5.41 Å². The number of fused-ring (bicyclic) bond motifs is 2. The van der Waals surface area contributed by atoms with Gasteiger partial charge in [-0.05, 0) is 56.9 Å². The third kappa shape index (κ3) is 6.99. The van der Waals surface area contributed by atoms with Gasteiger partial charge in [0.05, 0.1) is 18.9 Å². The van der Waals surface area contributed by atoms with E-state index in [1.165, 1.54) is 17.8 Å². The van der Waals surface area contributed by atoms with Crippen molar-refractivity contribution in [1.29, 1.82) is 5.26 Å². The summed E-state index contributed by atoms with van der Waals surface area (Å²) in [5.41, 5.74) is 5.13. The van der Waals surface area contributed by atoms with Gasteiger partial charge >= 0.3 is 13.7 Å². The summed E-state index contributed by atoms with van der Waals surface area (Å²) < 4.78 is 51.6. The lowest BCUT2D eigenvalue weighted by Crippen LogP contribution is -2.40. The Bertz CT molecular complexity index is 1620. The number of nitrogen functional groups attached to an aromatic ring is 1. The number of para-hydroxylation sites is 1. The van der Waals surface area contributed by atoms with Crippen LogP contribution in [0.1, 0.15) is 53.7 Å². The summed E-state index contributed by atoms with van der Waals surface area (Å²) in [7, 11) is -4.25. The number of rotatable bonds is 11. The molecule has 2 fully saturated rings. The Labute approximate surface area is 261 Å². The van der Waals surface area contributed by atoms with Crippen LogP contribution < -0.4 is 15.3 Å². The van der Waals surface area contributed by atoms with E-state index in [4.69, 9.17) is 33.7 Å². The first-order valence-corrected chi connectivity index (χ1v) is 16.2. The molecule has 2 aliphatic heterocycles. The largest absolute Gasteiger partial charge is 0.465 e. The average molecular weight is 643 g/mol. The molecule has 14 nitrogen and oxygen atoms in total. The number of carbonyl (C=O) groups excluding carboxylic acids is 1. The number of nitriles is 1. The molecule has 0 bridgehead atoms. The summed E-state index contributed by atoms with van der Waals surface area (Å²) in [6, 6.07) is 13.0. The Morgan fingerprint density at radius 2 is 1.93 bits per heavy atom. The van der Waals surface area contributed by atoms with Crippen molar-refractivity contribution in [2.75, 3.05) is 18.9 Å². The zero-order valence-electron chi connectivity index (χ0n) is 26.1. The number of carbonyl (C=O) groups is 1. The fourth-order valence-corrected chi connectivity index (χ4v) is 6.72. The summed E-state index contributed by atoms with van der Waals surface area (Å²) in [5, 5.41) is 17.6. The van der Waals surface area contributed by atoms with Crippen molar-refractivity contribution in [3.05, 3.63) is 54.5 Å². The molecule has 2 aromatic heterocycles. The molecular weight excluding hydrogens is 603 g/mol. The van der Waals surface area contributed by atoms with Crippen LogP contribution >= 0.6 is 7.75 Å². The van der Waals surface area contributed by atoms with E-state index in [0.29, 0.717) is 17.6 Å². The second-order valence-corrected chi connectivity index (χ2v) is 14.4. The first kappa shape index (κ1) is 32.8. The Kier molecular flexibility index (Phi) is 8.98. The SMILES string of the molecule is C[C@H](NP(=O)(OC[C@H]1O[C@@](C#N)(c2ccc3c(N)ncnn23)[C@@H]2OC(C)(C)O[C@@H]21)Oc1ccccc1)C(=O)OCCC(C)(C)C. The topological polar surface area (TPSA) is 182 Å². The minimum absolute atomic E-state index is 0.0309. The maximum Gasteiger partial charge on any atom is 0.459 e. The maximum absolute atomic E-state index is 14.2. The van der Waals surface area contributed by atoms with Crippen LogP contribution in [0.15, 0.2) is 48.8 Å². The van der Waals surface area contributed by atoms with E-state index in [1.54, 1.807) is 56.3 Å². The van der Waals surface area contributed by atoms with Gasteiger partial charge in [-0.15, -0.1) is 0 Å². The number of esters is 1. The lowest BCUT2D eigenvalue weighted by Gasteiger charge is -2.29. The molecule has 0 spiro atoms. The Balaban J connectivity index is 1.39. The summed E-state index contributed by atoms with van der Waals surface area (Å²) >= 11 is 0. The lowest BCUT2D eigenvalue weighted by atomic mass is 9.92. The van der Waals surface area contributed by atoms with E-state index >= 15 is 0 Å². The number of nitrogens with two attached hydrogens (primary N) is 1. The van der Waals surface area contributed by atoms with Crippen molar-refractivity contribution in [3.8, 4) is 11.8 Å². The molecule has 242 valence electrons. The molecule has 45 heavy (non-hydrogen) atoms. The fourth-order valence-electron chi connectivity index (χ4n) is 5.22. The van der Waals surface area contributed by atoms with Gasteiger partial charge in [0.1, 0.15) is 48.0 Å². The van der Waals surface area contributed by atoms with Crippen LogP contribution in [0.2, 0.25) is 0 Å². The lowest BCUT2D eigenvalue weighted by molar-refractivity contribution is -0.204. The molecule has 3 N–H and O–H groups in total. The molecule has 6 atom stereocenters. The minimum Gasteiger partial charge on any atom is -0.465 e. The Hall–Kier alpha value is -3.57. The van der Waals surface area contributed by atoms with Gasteiger partial charge in [-0.25, -0.2) is 14.1 Å². The second-order valence-electron chi connectivity index (χ2n) is 12.7. The Morgan fingerprint density at radius 1 is 1.20 bits per heavy atom. The zero-order chi connectivity index (χ0) is 32.6. The van der Waals surface area contributed by atoms with Crippen LogP contribution in [-0.4, -0.2) is 63.9 Å². The van der Waals surface area contributed by atoms with E-state index in [9.17, 15) is 14.6 Å². The maximum atomic E-state index is 14.2. The van der Waals surface area contributed by atoms with Crippen molar-refractivity contribution in [3.63, 3.8) is 0 Å². The molecule has 2 aliphatic rings. The summed E-state index contributed by atoms with van der Waals surface area (Å²) in [6.07, 6.45) is -0.757. The van der Waals surface area contributed by atoms with E-state index in [-0.39, 0.29) is 30.2 Å². The first-order chi connectivity index (χ1) is 21.2. The van der Waals surface area contributed by atoms with E-state index in [2.05, 4.69) is 21.2 Å².